The van der Waals surface area contributed by atoms with E-state index in [9.17, 15) is 4.79 Å². The zero-order chi connectivity index (χ0) is 12.8. The highest BCUT2D eigenvalue weighted by molar-refractivity contribution is 9.10. The molecule has 1 aromatic rings. The molecule has 0 bridgehead atoms. The molecule has 0 radical (unpaired) electrons. The number of nitrogens with zero attached hydrogens (tertiary/aromatic N) is 1. The van der Waals surface area contributed by atoms with E-state index in [1.165, 1.54) is 14.2 Å². The van der Waals surface area contributed by atoms with Crippen LogP contribution in [0.5, 0.6) is 0 Å². The minimum atomic E-state index is -0.480. The number of carbonyl (C=O) groups is 1. The van der Waals surface area contributed by atoms with Crippen molar-refractivity contribution in [3.63, 3.8) is 0 Å². The van der Waals surface area contributed by atoms with Crippen LogP contribution in [0.15, 0.2) is 27.8 Å². The number of halogens is 1. The molecule has 1 aromatic carbocycles. The minimum absolute atomic E-state index is 0.246. The molecule has 0 aliphatic rings. The molecule has 0 aromatic heterocycles. The van der Waals surface area contributed by atoms with Crippen LogP contribution >= 0.6 is 15.9 Å². The average molecular weight is 300 g/mol. The maximum atomic E-state index is 11.5. The molecule has 0 fully saturated rings. The Morgan fingerprint density at radius 3 is 2.71 bits per heavy atom. The normalized spacial score (nSPS) is 11.2. The molecule has 0 amide bonds. The predicted molar refractivity (Wildman–Crippen MR) is 69.0 cm³/mol. The molecule has 0 atom stereocenters. The summed E-state index contributed by atoms with van der Waals surface area (Å²) in [5.41, 5.74) is 2.33. The Balaban J connectivity index is 2.97. The van der Waals surface area contributed by atoms with Crippen LogP contribution in [0.2, 0.25) is 0 Å². The van der Waals surface area contributed by atoms with E-state index in [-0.39, 0.29) is 5.71 Å². The highest BCUT2D eigenvalue weighted by Gasteiger charge is 2.15. The van der Waals surface area contributed by atoms with Gasteiger partial charge in [-0.15, -0.1) is 0 Å². The molecule has 92 valence electrons. The summed E-state index contributed by atoms with van der Waals surface area (Å²) in [5.74, 6) is -0.480. The van der Waals surface area contributed by atoms with Gasteiger partial charge in [0, 0.05) is 10.9 Å². The van der Waals surface area contributed by atoms with Gasteiger partial charge < -0.3 is 9.57 Å². The Kier molecular flexibility index (Phi) is 5.15. The number of hydrogen-bond acceptors (Lipinski definition) is 4. The number of hydrogen-bond donors (Lipinski definition) is 0. The molecule has 0 spiro atoms. The second-order valence-corrected chi connectivity index (χ2v) is 4.38. The van der Waals surface area contributed by atoms with Crippen LogP contribution in [0, 0.1) is 6.92 Å². The summed E-state index contributed by atoms with van der Waals surface area (Å²) in [5, 5.41) is 3.69. The number of rotatable bonds is 4. The van der Waals surface area contributed by atoms with Crippen LogP contribution in [0.1, 0.15) is 11.1 Å². The second kappa shape index (κ2) is 6.39. The quantitative estimate of drug-likeness (QED) is 0.487. The van der Waals surface area contributed by atoms with E-state index >= 15 is 0 Å². The number of carbonyl (C=O) groups excluding carboxylic acids is 1. The number of aryl methyl sites for hydroxylation is 1. The van der Waals surface area contributed by atoms with Crippen molar-refractivity contribution >= 4 is 27.6 Å². The summed E-state index contributed by atoms with van der Waals surface area (Å²) < 4.78 is 5.60. The van der Waals surface area contributed by atoms with E-state index in [0.29, 0.717) is 6.42 Å². The fourth-order valence-corrected chi connectivity index (χ4v) is 1.79. The first-order valence-corrected chi connectivity index (χ1v) is 5.81. The molecule has 0 saturated carbocycles. The molecule has 17 heavy (non-hydrogen) atoms. The van der Waals surface area contributed by atoms with E-state index in [1.54, 1.807) is 0 Å². The number of ether oxygens (including phenoxy) is 1. The summed E-state index contributed by atoms with van der Waals surface area (Å²) in [7, 11) is 2.72. The number of esters is 1. The lowest BCUT2D eigenvalue weighted by Gasteiger charge is -2.07. The third kappa shape index (κ3) is 3.85. The first-order chi connectivity index (χ1) is 8.08. The van der Waals surface area contributed by atoms with Gasteiger partial charge in [0.15, 0.2) is 5.71 Å². The van der Waals surface area contributed by atoms with Gasteiger partial charge in [0.2, 0.25) is 0 Å². The molecule has 4 nitrogen and oxygen atoms in total. The Morgan fingerprint density at radius 2 is 2.12 bits per heavy atom. The van der Waals surface area contributed by atoms with Crippen LogP contribution in [0.25, 0.3) is 0 Å². The van der Waals surface area contributed by atoms with E-state index in [0.717, 1.165) is 15.6 Å². The third-order valence-electron chi connectivity index (χ3n) is 2.29. The largest absolute Gasteiger partial charge is 0.464 e. The van der Waals surface area contributed by atoms with Crippen molar-refractivity contribution in [2.45, 2.75) is 13.3 Å². The van der Waals surface area contributed by atoms with Crippen molar-refractivity contribution in [1.82, 2.24) is 0 Å². The number of oxime groups is 1. The van der Waals surface area contributed by atoms with Gasteiger partial charge >= 0.3 is 5.97 Å². The molecule has 5 heteroatoms. The van der Waals surface area contributed by atoms with Gasteiger partial charge in [-0.2, -0.15) is 0 Å². The first-order valence-electron chi connectivity index (χ1n) is 5.02. The molecular formula is C12H14BrNO3. The van der Waals surface area contributed by atoms with E-state index in [4.69, 9.17) is 0 Å². The van der Waals surface area contributed by atoms with Crippen molar-refractivity contribution in [2.24, 2.45) is 5.16 Å². The minimum Gasteiger partial charge on any atom is -0.464 e. The zero-order valence-corrected chi connectivity index (χ0v) is 11.6. The maximum absolute atomic E-state index is 11.5. The standard InChI is InChI=1S/C12H14BrNO3/c1-8-4-5-10(13)6-9(8)7-11(14-17-3)12(15)16-2/h4-6H,7H2,1-3H3. The molecule has 1 rings (SSSR count). The van der Waals surface area contributed by atoms with Crippen molar-refractivity contribution in [3.05, 3.63) is 33.8 Å². The average Bonchev–Trinajstić information content (AvgIpc) is 2.32. The number of benzene rings is 1. The third-order valence-corrected chi connectivity index (χ3v) is 2.78. The van der Waals surface area contributed by atoms with Crippen LogP contribution in [-0.2, 0) is 20.8 Å². The SMILES string of the molecule is CON=C(Cc1cc(Br)ccc1C)C(=O)OC. The smallest absolute Gasteiger partial charge is 0.356 e. The summed E-state index contributed by atoms with van der Waals surface area (Å²) in [6.07, 6.45) is 0.381. The van der Waals surface area contributed by atoms with Gasteiger partial charge in [-0.05, 0) is 30.2 Å². The first kappa shape index (κ1) is 13.7. The lowest BCUT2D eigenvalue weighted by Crippen LogP contribution is -2.19. The molecule has 0 unspecified atom stereocenters. The number of methoxy groups -OCH3 is 1. The van der Waals surface area contributed by atoms with Crippen LogP contribution in [-0.4, -0.2) is 25.9 Å². The second-order valence-electron chi connectivity index (χ2n) is 3.46. The monoisotopic (exact) mass is 299 g/mol. The molecular weight excluding hydrogens is 286 g/mol. The Hall–Kier alpha value is -1.36. The zero-order valence-electron chi connectivity index (χ0n) is 9.99. The maximum Gasteiger partial charge on any atom is 0.356 e. The lowest BCUT2D eigenvalue weighted by molar-refractivity contribution is -0.133. The molecule has 0 aliphatic carbocycles. The van der Waals surface area contributed by atoms with Gasteiger partial charge in [0.1, 0.15) is 7.11 Å². The lowest BCUT2D eigenvalue weighted by atomic mass is 10.0. The van der Waals surface area contributed by atoms with Gasteiger partial charge in [0.25, 0.3) is 0 Å². The van der Waals surface area contributed by atoms with Gasteiger partial charge in [-0.3, -0.25) is 0 Å². The summed E-state index contributed by atoms with van der Waals surface area (Å²) in [4.78, 5) is 16.1. The Bertz CT molecular complexity index is 443. The van der Waals surface area contributed by atoms with Crippen molar-refractivity contribution in [2.75, 3.05) is 14.2 Å². The van der Waals surface area contributed by atoms with Crippen LogP contribution in [0.4, 0.5) is 0 Å². The highest BCUT2D eigenvalue weighted by Crippen LogP contribution is 2.17. The highest BCUT2D eigenvalue weighted by atomic mass is 79.9. The van der Waals surface area contributed by atoms with Crippen molar-refractivity contribution in [1.29, 1.82) is 0 Å². The van der Waals surface area contributed by atoms with Gasteiger partial charge in [0.05, 0.1) is 7.11 Å². The molecule has 0 N–H and O–H groups in total. The van der Waals surface area contributed by atoms with E-state index in [1.807, 2.05) is 25.1 Å². The summed E-state index contributed by atoms with van der Waals surface area (Å²) in [6, 6.07) is 5.87. The van der Waals surface area contributed by atoms with Gasteiger partial charge in [-0.25, -0.2) is 4.79 Å². The molecule has 0 aliphatic heterocycles. The van der Waals surface area contributed by atoms with Crippen LogP contribution in [0.3, 0.4) is 0 Å². The Labute approximate surface area is 109 Å². The van der Waals surface area contributed by atoms with Crippen LogP contribution < -0.4 is 0 Å². The molecule has 0 heterocycles. The fourth-order valence-electron chi connectivity index (χ4n) is 1.38. The summed E-state index contributed by atoms with van der Waals surface area (Å²) >= 11 is 3.39. The van der Waals surface area contributed by atoms with Gasteiger partial charge in [-0.1, -0.05) is 27.2 Å². The summed E-state index contributed by atoms with van der Waals surface area (Å²) in [6.45, 7) is 1.98. The van der Waals surface area contributed by atoms with E-state index in [2.05, 4.69) is 30.7 Å². The van der Waals surface area contributed by atoms with E-state index < -0.39 is 5.97 Å². The Morgan fingerprint density at radius 1 is 1.41 bits per heavy atom. The topological polar surface area (TPSA) is 47.9 Å². The fraction of sp³-hybridized carbons (Fsp3) is 0.333. The van der Waals surface area contributed by atoms with Crippen molar-refractivity contribution in [3.8, 4) is 0 Å². The molecule has 0 saturated heterocycles. The predicted octanol–water partition coefficient (Wildman–Crippen LogP) is 2.48. The van der Waals surface area contributed by atoms with Crippen molar-refractivity contribution < 1.29 is 14.4 Å².